The Kier molecular flexibility index (Phi) is 5.75. The Bertz CT molecular complexity index is 679. The summed E-state index contributed by atoms with van der Waals surface area (Å²) in [4.78, 5) is 0. The number of hydrogen-bond acceptors (Lipinski definition) is 1. The summed E-state index contributed by atoms with van der Waals surface area (Å²) in [6, 6.07) is 27.1. The normalized spacial score (nSPS) is 12.0. The number of aryl methyl sites for hydroxylation is 1. The molecule has 0 aliphatic rings. The first-order valence-electron chi connectivity index (χ1n) is 8.26. The standard InChI is InChI=1S/C22H21FO/c23-21-14-12-20(13-15-21)22(16-11-18-7-3-1-4-8-18)24-17-19-9-5-2-6-10-19/h1-10,12-15,22H,11,16-17H2. The lowest BCUT2D eigenvalue weighted by atomic mass is 10.0. The van der Waals surface area contributed by atoms with E-state index >= 15 is 0 Å². The Balaban J connectivity index is 1.69. The quantitative estimate of drug-likeness (QED) is 0.541. The second kappa shape index (κ2) is 8.42. The van der Waals surface area contributed by atoms with Crippen molar-refractivity contribution in [1.29, 1.82) is 0 Å². The molecular weight excluding hydrogens is 299 g/mol. The molecule has 0 fully saturated rings. The van der Waals surface area contributed by atoms with Crippen LogP contribution in [-0.2, 0) is 17.8 Å². The molecule has 24 heavy (non-hydrogen) atoms. The van der Waals surface area contributed by atoms with Crippen LogP contribution in [0.4, 0.5) is 4.39 Å². The van der Waals surface area contributed by atoms with Gasteiger partial charge in [0.1, 0.15) is 5.82 Å². The van der Waals surface area contributed by atoms with Gasteiger partial charge in [0, 0.05) is 0 Å². The maximum absolute atomic E-state index is 13.2. The molecule has 0 N–H and O–H groups in total. The van der Waals surface area contributed by atoms with Crippen LogP contribution in [0, 0.1) is 5.82 Å². The van der Waals surface area contributed by atoms with Gasteiger partial charge in [0.15, 0.2) is 0 Å². The van der Waals surface area contributed by atoms with Crippen molar-refractivity contribution in [3.63, 3.8) is 0 Å². The summed E-state index contributed by atoms with van der Waals surface area (Å²) in [6.45, 7) is 0.553. The highest BCUT2D eigenvalue weighted by Gasteiger charge is 2.13. The Morgan fingerprint density at radius 1 is 0.708 bits per heavy atom. The van der Waals surface area contributed by atoms with Gasteiger partial charge in [-0.1, -0.05) is 72.8 Å². The molecule has 0 aromatic heterocycles. The van der Waals surface area contributed by atoms with E-state index in [0.29, 0.717) is 6.61 Å². The zero-order chi connectivity index (χ0) is 16.6. The van der Waals surface area contributed by atoms with Crippen molar-refractivity contribution in [3.8, 4) is 0 Å². The Morgan fingerprint density at radius 3 is 1.92 bits per heavy atom. The Morgan fingerprint density at radius 2 is 1.29 bits per heavy atom. The third kappa shape index (κ3) is 4.77. The van der Waals surface area contributed by atoms with Crippen molar-refractivity contribution < 1.29 is 9.13 Å². The van der Waals surface area contributed by atoms with E-state index in [1.165, 1.54) is 17.7 Å². The molecule has 0 bridgehead atoms. The monoisotopic (exact) mass is 320 g/mol. The summed E-state index contributed by atoms with van der Waals surface area (Å²) in [5.41, 5.74) is 3.44. The number of ether oxygens (including phenoxy) is 1. The van der Waals surface area contributed by atoms with Crippen molar-refractivity contribution in [2.75, 3.05) is 0 Å². The third-order valence-corrected chi connectivity index (χ3v) is 4.07. The molecule has 3 rings (SSSR count). The summed E-state index contributed by atoms with van der Waals surface area (Å²) < 4.78 is 19.4. The molecule has 1 atom stereocenters. The van der Waals surface area contributed by atoms with Crippen LogP contribution in [0.15, 0.2) is 84.9 Å². The average molecular weight is 320 g/mol. The molecule has 0 aliphatic heterocycles. The second-order valence-corrected chi connectivity index (χ2v) is 5.86. The van der Waals surface area contributed by atoms with Gasteiger partial charge in [0.05, 0.1) is 12.7 Å². The highest BCUT2D eigenvalue weighted by molar-refractivity contribution is 5.21. The lowest BCUT2D eigenvalue weighted by molar-refractivity contribution is 0.0340. The lowest BCUT2D eigenvalue weighted by Crippen LogP contribution is -2.06. The van der Waals surface area contributed by atoms with Gasteiger partial charge in [-0.25, -0.2) is 4.39 Å². The maximum Gasteiger partial charge on any atom is 0.123 e. The van der Waals surface area contributed by atoms with Crippen LogP contribution in [0.3, 0.4) is 0 Å². The molecule has 2 heteroatoms. The van der Waals surface area contributed by atoms with Crippen molar-refractivity contribution in [1.82, 2.24) is 0 Å². The molecule has 0 spiro atoms. The highest BCUT2D eigenvalue weighted by atomic mass is 19.1. The minimum atomic E-state index is -0.219. The molecule has 3 aromatic carbocycles. The van der Waals surface area contributed by atoms with Crippen molar-refractivity contribution in [2.45, 2.75) is 25.6 Å². The molecule has 1 unspecified atom stereocenters. The van der Waals surface area contributed by atoms with Gasteiger partial charge in [-0.3, -0.25) is 0 Å². The topological polar surface area (TPSA) is 9.23 Å². The largest absolute Gasteiger partial charge is 0.369 e. The fraction of sp³-hybridized carbons (Fsp3) is 0.182. The van der Waals surface area contributed by atoms with Gasteiger partial charge < -0.3 is 4.74 Å². The van der Waals surface area contributed by atoms with Crippen LogP contribution in [0.25, 0.3) is 0 Å². The van der Waals surface area contributed by atoms with E-state index in [-0.39, 0.29) is 11.9 Å². The minimum Gasteiger partial charge on any atom is -0.369 e. The highest BCUT2D eigenvalue weighted by Crippen LogP contribution is 2.25. The summed E-state index contributed by atoms with van der Waals surface area (Å²) in [6.07, 6.45) is 1.74. The first-order chi connectivity index (χ1) is 11.8. The predicted molar refractivity (Wildman–Crippen MR) is 95.1 cm³/mol. The summed E-state index contributed by atoms with van der Waals surface area (Å²) in [5.74, 6) is -0.219. The minimum absolute atomic E-state index is 0.0500. The molecule has 1 nitrogen and oxygen atoms in total. The molecule has 0 aliphatic carbocycles. The predicted octanol–water partition coefficient (Wildman–Crippen LogP) is 5.72. The number of rotatable bonds is 7. The number of benzene rings is 3. The first-order valence-corrected chi connectivity index (χ1v) is 8.26. The van der Waals surface area contributed by atoms with E-state index in [1.807, 2.05) is 48.5 Å². The zero-order valence-corrected chi connectivity index (χ0v) is 13.6. The van der Waals surface area contributed by atoms with Gasteiger partial charge in [-0.15, -0.1) is 0 Å². The van der Waals surface area contributed by atoms with Gasteiger partial charge in [0.2, 0.25) is 0 Å². The molecule has 0 saturated heterocycles. The summed E-state index contributed by atoms with van der Waals surface area (Å²) in [7, 11) is 0. The van der Waals surface area contributed by atoms with E-state index in [2.05, 4.69) is 24.3 Å². The van der Waals surface area contributed by atoms with Crippen molar-refractivity contribution >= 4 is 0 Å². The molecule has 0 heterocycles. The van der Waals surface area contributed by atoms with Crippen molar-refractivity contribution in [3.05, 3.63) is 107 Å². The molecule has 0 saturated carbocycles. The van der Waals surface area contributed by atoms with Gasteiger partial charge in [0.25, 0.3) is 0 Å². The maximum atomic E-state index is 13.2. The van der Waals surface area contributed by atoms with E-state index < -0.39 is 0 Å². The fourth-order valence-electron chi connectivity index (χ4n) is 2.74. The lowest BCUT2D eigenvalue weighted by Gasteiger charge is -2.19. The third-order valence-electron chi connectivity index (χ3n) is 4.07. The second-order valence-electron chi connectivity index (χ2n) is 5.86. The zero-order valence-electron chi connectivity index (χ0n) is 13.6. The fourth-order valence-corrected chi connectivity index (χ4v) is 2.74. The van der Waals surface area contributed by atoms with Crippen LogP contribution >= 0.6 is 0 Å². The smallest absolute Gasteiger partial charge is 0.123 e. The van der Waals surface area contributed by atoms with E-state index in [9.17, 15) is 4.39 Å². The van der Waals surface area contributed by atoms with Crippen LogP contribution in [0.5, 0.6) is 0 Å². The van der Waals surface area contributed by atoms with Crippen LogP contribution in [0.1, 0.15) is 29.2 Å². The molecule has 0 amide bonds. The van der Waals surface area contributed by atoms with Crippen LogP contribution < -0.4 is 0 Å². The first kappa shape index (κ1) is 16.4. The van der Waals surface area contributed by atoms with Crippen LogP contribution in [-0.4, -0.2) is 0 Å². The van der Waals surface area contributed by atoms with Gasteiger partial charge in [-0.2, -0.15) is 0 Å². The SMILES string of the molecule is Fc1ccc(C(CCc2ccccc2)OCc2ccccc2)cc1. The van der Waals surface area contributed by atoms with E-state index in [0.717, 1.165) is 24.0 Å². The average Bonchev–Trinajstić information content (AvgIpc) is 2.64. The summed E-state index contributed by atoms with van der Waals surface area (Å²) in [5, 5.41) is 0. The van der Waals surface area contributed by atoms with Gasteiger partial charge in [-0.05, 0) is 41.7 Å². The van der Waals surface area contributed by atoms with Crippen molar-refractivity contribution in [2.24, 2.45) is 0 Å². The van der Waals surface area contributed by atoms with E-state index in [1.54, 1.807) is 0 Å². The molecule has 122 valence electrons. The molecular formula is C22H21FO. The summed E-state index contributed by atoms with van der Waals surface area (Å²) >= 11 is 0. The molecule has 0 radical (unpaired) electrons. The van der Waals surface area contributed by atoms with Gasteiger partial charge >= 0.3 is 0 Å². The van der Waals surface area contributed by atoms with E-state index in [4.69, 9.17) is 4.74 Å². The number of hydrogen-bond donors (Lipinski definition) is 0. The van der Waals surface area contributed by atoms with Crippen LogP contribution in [0.2, 0.25) is 0 Å². The number of halogens is 1. The Labute approximate surface area is 142 Å². The Hall–Kier alpha value is -2.45. The molecule has 3 aromatic rings.